The normalized spacial score (nSPS) is 16.9. The molecule has 0 aromatic carbocycles. The summed E-state index contributed by atoms with van der Waals surface area (Å²) in [5, 5.41) is 8.59. The zero-order chi connectivity index (χ0) is 10.5. The standard InChI is InChI=1S/C11H16N2O2/c14-5-6-15-10-7-12-11(13-8-10)9-3-1-2-4-9/h7-9,14H,1-6H2. The van der Waals surface area contributed by atoms with Crippen molar-refractivity contribution in [3.63, 3.8) is 0 Å². The van der Waals surface area contributed by atoms with E-state index < -0.39 is 0 Å². The van der Waals surface area contributed by atoms with Gasteiger partial charge in [0.05, 0.1) is 19.0 Å². The average Bonchev–Trinajstić information content (AvgIpc) is 2.80. The van der Waals surface area contributed by atoms with Crippen LogP contribution in [0.15, 0.2) is 12.4 Å². The van der Waals surface area contributed by atoms with E-state index in [-0.39, 0.29) is 6.61 Å². The second kappa shape index (κ2) is 5.07. The maximum atomic E-state index is 8.59. The molecule has 1 aliphatic carbocycles. The molecule has 0 amide bonds. The van der Waals surface area contributed by atoms with Gasteiger partial charge in [-0.1, -0.05) is 12.8 Å². The fourth-order valence-electron chi connectivity index (χ4n) is 1.96. The van der Waals surface area contributed by atoms with Crippen molar-refractivity contribution in [3.05, 3.63) is 18.2 Å². The predicted molar refractivity (Wildman–Crippen MR) is 55.8 cm³/mol. The summed E-state index contributed by atoms with van der Waals surface area (Å²) in [6, 6.07) is 0. The summed E-state index contributed by atoms with van der Waals surface area (Å²) in [6.45, 7) is 0.316. The molecule has 1 aromatic rings. The lowest BCUT2D eigenvalue weighted by Crippen LogP contribution is -2.04. The second-order valence-corrected chi connectivity index (χ2v) is 3.83. The molecule has 0 aliphatic heterocycles. The molecule has 1 fully saturated rings. The van der Waals surface area contributed by atoms with Gasteiger partial charge in [-0.05, 0) is 12.8 Å². The molecular formula is C11H16N2O2. The van der Waals surface area contributed by atoms with E-state index >= 15 is 0 Å². The lowest BCUT2D eigenvalue weighted by Gasteiger charge is -2.08. The van der Waals surface area contributed by atoms with Gasteiger partial charge in [0.2, 0.25) is 0 Å². The van der Waals surface area contributed by atoms with E-state index in [0.29, 0.717) is 18.3 Å². The quantitative estimate of drug-likeness (QED) is 0.814. The molecule has 0 bridgehead atoms. The van der Waals surface area contributed by atoms with E-state index in [1.54, 1.807) is 12.4 Å². The molecule has 0 atom stereocenters. The highest BCUT2D eigenvalue weighted by molar-refractivity contribution is 5.14. The van der Waals surface area contributed by atoms with Gasteiger partial charge in [-0.25, -0.2) is 9.97 Å². The first kappa shape index (κ1) is 10.4. The van der Waals surface area contributed by atoms with Crippen molar-refractivity contribution in [2.75, 3.05) is 13.2 Å². The Morgan fingerprint density at radius 3 is 2.53 bits per heavy atom. The van der Waals surface area contributed by atoms with Crippen LogP contribution in [0, 0.1) is 0 Å². The van der Waals surface area contributed by atoms with Gasteiger partial charge >= 0.3 is 0 Å². The van der Waals surface area contributed by atoms with Crippen LogP contribution < -0.4 is 4.74 Å². The number of hydrogen-bond acceptors (Lipinski definition) is 4. The smallest absolute Gasteiger partial charge is 0.156 e. The first-order chi connectivity index (χ1) is 7.40. The van der Waals surface area contributed by atoms with Crippen molar-refractivity contribution in [3.8, 4) is 5.75 Å². The summed E-state index contributed by atoms with van der Waals surface area (Å²) in [6.07, 6.45) is 8.37. The molecule has 0 spiro atoms. The fourth-order valence-corrected chi connectivity index (χ4v) is 1.96. The second-order valence-electron chi connectivity index (χ2n) is 3.83. The Morgan fingerprint density at radius 2 is 1.93 bits per heavy atom. The Kier molecular flexibility index (Phi) is 3.50. The summed E-state index contributed by atoms with van der Waals surface area (Å²) < 4.78 is 5.20. The summed E-state index contributed by atoms with van der Waals surface area (Å²) >= 11 is 0. The molecule has 2 rings (SSSR count). The molecule has 0 radical (unpaired) electrons. The van der Waals surface area contributed by atoms with Crippen molar-refractivity contribution >= 4 is 0 Å². The molecule has 0 saturated heterocycles. The van der Waals surface area contributed by atoms with Crippen LogP contribution in [0.2, 0.25) is 0 Å². The number of nitrogens with zero attached hydrogens (tertiary/aromatic N) is 2. The minimum atomic E-state index is 0.0182. The van der Waals surface area contributed by atoms with Gasteiger partial charge in [0, 0.05) is 5.92 Å². The molecule has 1 N–H and O–H groups in total. The molecule has 1 saturated carbocycles. The van der Waals surface area contributed by atoms with E-state index in [1.807, 2.05) is 0 Å². The van der Waals surface area contributed by atoms with Crippen LogP contribution in [0.1, 0.15) is 37.4 Å². The maximum absolute atomic E-state index is 8.59. The highest BCUT2D eigenvalue weighted by Gasteiger charge is 2.19. The van der Waals surface area contributed by atoms with E-state index in [1.165, 1.54) is 25.7 Å². The first-order valence-corrected chi connectivity index (χ1v) is 5.46. The van der Waals surface area contributed by atoms with Crippen LogP contribution in [-0.2, 0) is 0 Å². The predicted octanol–water partition coefficient (Wildman–Crippen LogP) is 1.51. The van der Waals surface area contributed by atoms with Crippen molar-refractivity contribution < 1.29 is 9.84 Å². The van der Waals surface area contributed by atoms with Gasteiger partial charge in [0.1, 0.15) is 12.4 Å². The van der Waals surface area contributed by atoms with Gasteiger partial charge in [0.25, 0.3) is 0 Å². The van der Waals surface area contributed by atoms with Crippen molar-refractivity contribution in [1.82, 2.24) is 9.97 Å². The first-order valence-electron chi connectivity index (χ1n) is 5.46. The van der Waals surface area contributed by atoms with E-state index in [0.717, 1.165) is 5.82 Å². The molecule has 82 valence electrons. The number of rotatable bonds is 4. The average molecular weight is 208 g/mol. The summed E-state index contributed by atoms with van der Waals surface area (Å²) in [5.41, 5.74) is 0. The molecule has 0 unspecified atom stereocenters. The number of aromatic nitrogens is 2. The molecular weight excluding hydrogens is 192 g/mol. The van der Waals surface area contributed by atoms with Crippen LogP contribution in [0.3, 0.4) is 0 Å². The van der Waals surface area contributed by atoms with Gasteiger partial charge < -0.3 is 9.84 Å². The Bertz CT molecular complexity index is 294. The Morgan fingerprint density at radius 1 is 1.27 bits per heavy atom. The molecule has 15 heavy (non-hydrogen) atoms. The Hall–Kier alpha value is -1.16. The summed E-state index contributed by atoms with van der Waals surface area (Å²) in [7, 11) is 0. The minimum absolute atomic E-state index is 0.0182. The lowest BCUT2D eigenvalue weighted by molar-refractivity contribution is 0.200. The van der Waals surface area contributed by atoms with E-state index in [2.05, 4.69) is 9.97 Å². The zero-order valence-electron chi connectivity index (χ0n) is 8.72. The molecule has 1 aromatic heterocycles. The molecule has 4 heteroatoms. The van der Waals surface area contributed by atoms with Crippen molar-refractivity contribution in [1.29, 1.82) is 0 Å². The summed E-state index contributed by atoms with van der Waals surface area (Å²) in [5.74, 6) is 2.10. The number of hydrogen-bond donors (Lipinski definition) is 1. The largest absolute Gasteiger partial charge is 0.488 e. The van der Waals surface area contributed by atoms with Crippen LogP contribution in [0.4, 0.5) is 0 Å². The third kappa shape index (κ3) is 2.65. The van der Waals surface area contributed by atoms with E-state index in [4.69, 9.17) is 9.84 Å². The van der Waals surface area contributed by atoms with Crippen molar-refractivity contribution in [2.45, 2.75) is 31.6 Å². The third-order valence-corrected chi connectivity index (χ3v) is 2.73. The Labute approximate surface area is 89.3 Å². The molecule has 1 heterocycles. The van der Waals surface area contributed by atoms with Crippen molar-refractivity contribution in [2.24, 2.45) is 0 Å². The molecule has 1 aliphatic rings. The van der Waals surface area contributed by atoms with Crippen LogP contribution >= 0.6 is 0 Å². The number of aliphatic hydroxyl groups excluding tert-OH is 1. The van der Waals surface area contributed by atoms with Gasteiger partial charge in [-0.3, -0.25) is 0 Å². The van der Waals surface area contributed by atoms with Gasteiger partial charge in [0.15, 0.2) is 5.75 Å². The number of ether oxygens (including phenoxy) is 1. The minimum Gasteiger partial charge on any atom is -0.488 e. The highest BCUT2D eigenvalue weighted by atomic mass is 16.5. The van der Waals surface area contributed by atoms with Gasteiger partial charge in [-0.2, -0.15) is 0 Å². The molecule has 4 nitrogen and oxygen atoms in total. The SMILES string of the molecule is OCCOc1cnc(C2CCCC2)nc1. The van der Waals surface area contributed by atoms with Gasteiger partial charge in [-0.15, -0.1) is 0 Å². The van der Waals surface area contributed by atoms with E-state index in [9.17, 15) is 0 Å². The number of aliphatic hydroxyl groups is 1. The fraction of sp³-hybridized carbons (Fsp3) is 0.636. The third-order valence-electron chi connectivity index (χ3n) is 2.73. The Balaban J connectivity index is 1.96. The summed E-state index contributed by atoms with van der Waals surface area (Å²) in [4.78, 5) is 8.59. The zero-order valence-corrected chi connectivity index (χ0v) is 8.72. The monoisotopic (exact) mass is 208 g/mol. The van der Waals surface area contributed by atoms with Crippen LogP contribution in [-0.4, -0.2) is 28.3 Å². The maximum Gasteiger partial charge on any atom is 0.156 e. The van der Waals surface area contributed by atoms with Crippen LogP contribution in [0.25, 0.3) is 0 Å². The topological polar surface area (TPSA) is 55.2 Å². The van der Waals surface area contributed by atoms with Crippen LogP contribution in [0.5, 0.6) is 5.75 Å². The highest BCUT2D eigenvalue weighted by Crippen LogP contribution is 2.31. The lowest BCUT2D eigenvalue weighted by atomic mass is 10.1.